The molecule has 1 aliphatic rings. The standard InChI is InChI=1S/C17H15N3O3S2/c21-16(19-17-18-14-3-1-2-4-15(14)24-17)11-5-9-13(10-6-11)25(22,23)20-12-7-8-12/h1-6,9-10,12,20H,7-8H2,(H,18,19,21). The van der Waals surface area contributed by atoms with Crippen molar-refractivity contribution in [3.63, 3.8) is 0 Å². The molecule has 8 heteroatoms. The summed E-state index contributed by atoms with van der Waals surface area (Å²) in [5.74, 6) is -0.321. The Hall–Kier alpha value is -2.29. The predicted octanol–water partition coefficient (Wildman–Crippen LogP) is 2.99. The van der Waals surface area contributed by atoms with E-state index in [4.69, 9.17) is 0 Å². The Morgan fingerprint density at radius 3 is 2.48 bits per heavy atom. The zero-order chi connectivity index (χ0) is 17.4. The summed E-state index contributed by atoms with van der Waals surface area (Å²) in [5.41, 5.74) is 1.21. The molecule has 0 aliphatic heterocycles. The highest BCUT2D eigenvalue weighted by atomic mass is 32.2. The molecule has 1 heterocycles. The highest BCUT2D eigenvalue weighted by Crippen LogP contribution is 2.26. The molecule has 0 saturated heterocycles. The van der Waals surface area contributed by atoms with E-state index in [1.807, 2.05) is 24.3 Å². The van der Waals surface area contributed by atoms with Gasteiger partial charge in [-0.25, -0.2) is 18.1 Å². The molecule has 3 aromatic rings. The van der Waals surface area contributed by atoms with Crippen molar-refractivity contribution >= 4 is 42.6 Å². The first-order valence-electron chi connectivity index (χ1n) is 7.81. The quantitative estimate of drug-likeness (QED) is 0.720. The molecule has 0 atom stereocenters. The van der Waals surface area contributed by atoms with Gasteiger partial charge in [-0.1, -0.05) is 23.5 Å². The van der Waals surface area contributed by atoms with Crippen molar-refractivity contribution in [1.29, 1.82) is 0 Å². The van der Waals surface area contributed by atoms with Crippen LogP contribution in [0.5, 0.6) is 0 Å². The van der Waals surface area contributed by atoms with E-state index in [-0.39, 0.29) is 16.8 Å². The number of thiazole rings is 1. The largest absolute Gasteiger partial charge is 0.298 e. The number of nitrogens with zero attached hydrogens (tertiary/aromatic N) is 1. The third-order valence-electron chi connectivity index (χ3n) is 3.84. The van der Waals surface area contributed by atoms with Crippen LogP contribution in [0.3, 0.4) is 0 Å². The molecule has 0 radical (unpaired) electrons. The topological polar surface area (TPSA) is 88.2 Å². The number of carbonyl (C=O) groups excluding carboxylic acids is 1. The normalized spacial score (nSPS) is 14.6. The van der Waals surface area contributed by atoms with Gasteiger partial charge in [0.25, 0.3) is 5.91 Å². The first-order chi connectivity index (χ1) is 12.0. The zero-order valence-electron chi connectivity index (χ0n) is 13.1. The van der Waals surface area contributed by atoms with Crippen LogP contribution in [-0.4, -0.2) is 25.4 Å². The molecule has 1 amide bonds. The number of hydrogen-bond donors (Lipinski definition) is 2. The fourth-order valence-electron chi connectivity index (χ4n) is 2.37. The Balaban J connectivity index is 1.50. The minimum atomic E-state index is -3.51. The minimum absolute atomic E-state index is 0.0482. The van der Waals surface area contributed by atoms with Gasteiger partial charge in [0.2, 0.25) is 10.0 Å². The third kappa shape index (κ3) is 3.55. The Labute approximate surface area is 149 Å². The molecule has 6 nitrogen and oxygen atoms in total. The van der Waals surface area contributed by atoms with Crippen molar-refractivity contribution in [3.05, 3.63) is 54.1 Å². The van der Waals surface area contributed by atoms with Gasteiger partial charge in [0, 0.05) is 11.6 Å². The number of nitrogens with one attached hydrogen (secondary N) is 2. The van der Waals surface area contributed by atoms with Crippen molar-refractivity contribution in [2.45, 2.75) is 23.8 Å². The van der Waals surface area contributed by atoms with Crippen LogP contribution < -0.4 is 10.0 Å². The van der Waals surface area contributed by atoms with Crippen LogP contribution in [0.1, 0.15) is 23.2 Å². The Morgan fingerprint density at radius 1 is 1.08 bits per heavy atom. The van der Waals surface area contributed by atoms with Crippen LogP contribution in [-0.2, 0) is 10.0 Å². The molecule has 1 fully saturated rings. The van der Waals surface area contributed by atoms with Crippen molar-refractivity contribution in [2.24, 2.45) is 0 Å². The number of fused-ring (bicyclic) bond motifs is 1. The van der Waals surface area contributed by atoms with E-state index in [1.165, 1.54) is 35.6 Å². The molecule has 2 N–H and O–H groups in total. The Kier molecular flexibility index (Phi) is 4.03. The number of carbonyl (C=O) groups is 1. The van der Waals surface area contributed by atoms with Gasteiger partial charge in [-0.2, -0.15) is 0 Å². The molecule has 0 spiro atoms. The van der Waals surface area contributed by atoms with E-state index in [0.29, 0.717) is 10.7 Å². The summed E-state index contributed by atoms with van der Waals surface area (Å²) in [6, 6.07) is 13.6. The summed E-state index contributed by atoms with van der Waals surface area (Å²) in [5, 5.41) is 3.26. The number of para-hydroxylation sites is 1. The first-order valence-corrected chi connectivity index (χ1v) is 10.1. The molecule has 1 aromatic heterocycles. The fraction of sp³-hybridized carbons (Fsp3) is 0.176. The highest BCUT2D eigenvalue weighted by Gasteiger charge is 2.28. The van der Waals surface area contributed by atoms with Crippen molar-refractivity contribution < 1.29 is 13.2 Å². The number of anilines is 1. The summed E-state index contributed by atoms with van der Waals surface area (Å²) >= 11 is 1.39. The van der Waals surface area contributed by atoms with Crippen LogP contribution in [0.15, 0.2) is 53.4 Å². The van der Waals surface area contributed by atoms with E-state index >= 15 is 0 Å². The minimum Gasteiger partial charge on any atom is -0.298 e. The highest BCUT2D eigenvalue weighted by molar-refractivity contribution is 7.89. The van der Waals surface area contributed by atoms with E-state index in [2.05, 4.69) is 15.0 Å². The van der Waals surface area contributed by atoms with Crippen LogP contribution in [0.25, 0.3) is 10.2 Å². The van der Waals surface area contributed by atoms with Crippen LogP contribution >= 0.6 is 11.3 Å². The number of hydrogen-bond acceptors (Lipinski definition) is 5. The average molecular weight is 373 g/mol. The molecule has 25 heavy (non-hydrogen) atoms. The van der Waals surface area contributed by atoms with Gasteiger partial charge in [-0.05, 0) is 49.2 Å². The molecule has 0 unspecified atom stereocenters. The second kappa shape index (κ2) is 6.21. The first kappa shape index (κ1) is 16.2. The van der Waals surface area contributed by atoms with Gasteiger partial charge in [-0.3, -0.25) is 10.1 Å². The number of sulfonamides is 1. The lowest BCUT2D eigenvalue weighted by Crippen LogP contribution is -2.25. The van der Waals surface area contributed by atoms with Gasteiger partial charge in [0.05, 0.1) is 15.1 Å². The van der Waals surface area contributed by atoms with Crippen LogP contribution in [0.4, 0.5) is 5.13 Å². The maximum Gasteiger partial charge on any atom is 0.257 e. The molecule has 1 saturated carbocycles. The number of benzene rings is 2. The predicted molar refractivity (Wildman–Crippen MR) is 97.4 cm³/mol. The lowest BCUT2D eigenvalue weighted by atomic mass is 10.2. The maximum absolute atomic E-state index is 12.3. The summed E-state index contributed by atoms with van der Waals surface area (Å²) in [6.07, 6.45) is 1.75. The SMILES string of the molecule is O=C(Nc1nc2ccccc2s1)c1ccc(S(=O)(=O)NC2CC2)cc1. The molecule has 4 rings (SSSR count). The van der Waals surface area contributed by atoms with Gasteiger partial charge in [0.1, 0.15) is 0 Å². The van der Waals surface area contributed by atoms with Gasteiger partial charge >= 0.3 is 0 Å². The Bertz CT molecular complexity index is 1010. The van der Waals surface area contributed by atoms with Crippen molar-refractivity contribution in [1.82, 2.24) is 9.71 Å². The molecule has 1 aliphatic carbocycles. The van der Waals surface area contributed by atoms with Crippen LogP contribution in [0, 0.1) is 0 Å². The molecule has 2 aromatic carbocycles. The van der Waals surface area contributed by atoms with Crippen LogP contribution in [0.2, 0.25) is 0 Å². The second-order valence-corrected chi connectivity index (χ2v) is 8.61. The molecular formula is C17H15N3O3S2. The molecule has 0 bridgehead atoms. The number of aromatic nitrogens is 1. The smallest absolute Gasteiger partial charge is 0.257 e. The summed E-state index contributed by atoms with van der Waals surface area (Å²) in [6.45, 7) is 0. The number of rotatable bonds is 5. The average Bonchev–Trinajstić information content (AvgIpc) is 3.30. The lowest BCUT2D eigenvalue weighted by Gasteiger charge is -2.06. The maximum atomic E-state index is 12.3. The summed E-state index contributed by atoms with van der Waals surface area (Å²) in [4.78, 5) is 16.8. The van der Waals surface area contributed by atoms with Gasteiger partial charge in [-0.15, -0.1) is 0 Å². The van der Waals surface area contributed by atoms with Gasteiger partial charge in [0.15, 0.2) is 5.13 Å². The Morgan fingerprint density at radius 2 is 1.80 bits per heavy atom. The lowest BCUT2D eigenvalue weighted by molar-refractivity contribution is 0.102. The van der Waals surface area contributed by atoms with E-state index < -0.39 is 10.0 Å². The summed E-state index contributed by atoms with van der Waals surface area (Å²) < 4.78 is 27.9. The molecular weight excluding hydrogens is 358 g/mol. The monoisotopic (exact) mass is 373 g/mol. The van der Waals surface area contributed by atoms with E-state index in [9.17, 15) is 13.2 Å². The van der Waals surface area contributed by atoms with Crippen molar-refractivity contribution in [3.8, 4) is 0 Å². The zero-order valence-corrected chi connectivity index (χ0v) is 14.7. The second-order valence-electron chi connectivity index (χ2n) is 5.86. The van der Waals surface area contributed by atoms with Gasteiger partial charge < -0.3 is 0 Å². The fourth-order valence-corrected chi connectivity index (χ4v) is 4.53. The molecule has 128 valence electrons. The summed E-state index contributed by atoms with van der Waals surface area (Å²) in [7, 11) is -3.51. The third-order valence-corrected chi connectivity index (χ3v) is 6.33. The number of amides is 1. The van der Waals surface area contributed by atoms with E-state index in [1.54, 1.807) is 0 Å². The van der Waals surface area contributed by atoms with E-state index in [0.717, 1.165) is 23.1 Å². The van der Waals surface area contributed by atoms with Crippen molar-refractivity contribution in [2.75, 3.05) is 5.32 Å².